The molecular formula is C24H25N7O2. The maximum Gasteiger partial charge on any atom is 0.329 e. The summed E-state index contributed by atoms with van der Waals surface area (Å²) in [6.45, 7) is 2.54. The van der Waals surface area contributed by atoms with Crippen LogP contribution in [0.15, 0.2) is 53.7 Å². The van der Waals surface area contributed by atoms with Crippen molar-refractivity contribution in [3.8, 4) is 22.5 Å². The first kappa shape index (κ1) is 21.0. The summed E-state index contributed by atoms with van der Waals surface area (Å²) in [6, 6.07) is 9.55. The van der Waals surface area contributed by atoms with Crippen LogP contribution in [0.4, 0.5) is 0 Å². The molecule has 3 aromatic heterocycles. The largest absolute Gasteiger partial charge is 0.329 e. The molecule has 0 spiro atoms. The minimum atomic E-state index is -0.315. The lowest BCUT2D eigenvalue weighted by molar-refractivity contribution is -0.128. The third-order valence-electron chi connectivity index (χ3n) is 6.28. The van der Waals surface area contributed by atoms with E-state index in [-0.39, 0.29) is 17.5 Å². The second kappa shape index (κ2) is 8.93. The number of aromatic nitrogens is 7. The second-order valence-electron chi connectivity index (χ2n) is 8.37. The number of Topliss-reactive ketones (excluding diaryl/α,β-unsaturated/α-hetero) is 1. The summed E-state index contributed by atoms with van der Waals surface area (Å²) in [6.07, 6.45) is 9.56. The number of nitrogens with one attached hydrogen (secondary N) is 1. The Hall–Kier alpha value is -3.88. The number of hydrogen-bond acceptors (Lipinski definition) is 6. The van der Waals surface area contributed by atoms with Gasteiger partial charge in [0.25, 0.3) is 0 Å². The molecule has 1 fully saturated rings. The predicted molar refractivity (Wildman–Crippen MR) is 123 cm³/mol. The first-order valence-electron chi connectivity index (χ1n) is 11.3. The molecule has 1 saturated carbocycles. The molecule has 168 valence electrons. The lowest BCUT2D eigenvalue weighted by Gasteiger charge is -2.24. The van der Waals surface area contributed by atoms with Crippen molar-refractivity contribution in [1.82, 2.24) is 34.7 Å². The van der Waals surface area contributed by atoms with Crippen LogP contribution >= 0.6 is 0 Å². The Balaban J connectivity index is 1.49. The number of H-pyrrole nitrogens is 1. The summed E-state index contributed by atoms with van der Waals surface area (Å²) in [4.78, 5) is 29.6. The van der Waals surface area contributed by atoms with E-state index < -0.39 is 0 Å². The van der Waals surface area contributed by atoms with E-state index in [9.17, 15) is 9.59 Å². The van der Waals surface area contributed by atoms with Gasteiger partial charge in [-0.25, -0.2) is 4.79 Å². The molecule has 1 N–H and O–H groups in total. The fraction of sp³-hybridized carbons (Fsp3) is 0.333. The Bertz CT molecular complexity index is 1320. The number of rotatable bonds is 8. The van der Waals surface area contributed by atoms with Crippen LogP contribution in [0.5, 0.6) is 0 Å². The SMILES string of the molecule is CCCCc1cn(C2CCC2=O)c(=O)n1Cc1cnccc1-c1ccc(-c2nn[nH]n2)cc1. The van der Waals surface area contributed by atoms with Gasteiger partial charge in [-0.2, -0.15) is 5.21 Å². The van der Waals surface area contributed by atoms with Gasteiger partial charge in [0, 0.05) is 36.3 Å². The molecule has 0 aliphatic heterocycles. The van der Waals surface area contributed by atoms with E-state index in [1.807, 2.05) is 42.7 Å². The minimum Gasteiger partial charge on any atom is -0.297 e. The molecule has 33 heavy (non-hydrogen) atoms. The number of benzene rings is 1. The van der Waals surface area contributed by atoms with Crippen LogP contribution in [-0.4, -0.2) is 40.5 Å². The van der Waals surface area contributed by atoms with Crippen molar-refractivity contribution in [3.05, 3.63) is 70.7 Å². The average Bonchev–Trinajstić information content (AvgIpc) is 3.47. The third-order valence-corrected chi connectivity index (χ3v) is 6.28. The van der Waals surface area contributed by atoms with Crippen LogP contribution in [0.25, 0.3) is 22.5 Å². The standard InChI is InChI=1S/C24H25N7O2/c1-2-3-4-19-15-31(21-9-10-22(21)32)24(33)30(19)14-18-13-25-12-11-20(18)16-5-7-17(8-6-16)23-26-28-29-27-23/h5-8,11-13,15,21H,2-4,9-10,14H2,1H3,(H,26,27,28,29). The molecule has 9 heteroatoms. The Morgan fingerprint density at radius 2 is 1.94 bits per heavy atom. The fourth-order valence-corrected chi connectivity index (χ4v) is 4.27. The summed E-state index contributed by atoms with van der Waals surface area (Å²) >= 11 is 0. The predicted octanol–water partition coefficient (Wildman–Crippen LogP) is 3.19. The Labute approximate surface area is 190 Å². The number of ketones is 1. The van der Waals surface area contributed by atoms with Gasteiger partial charge in [0.05, 0.1) is 12.6 Å². The van der Waals surface area contributed by atoms with Gasteiger partial charge in [0.1, 0.15) is 0 Å². The first-order chi connectivity index (χ1) is 16.2. The highest BCUT2D eigenvalue weighted by Gasteiger charge is 2.32. The number of carbonyl (C=O) groups excluding carboxylic acids is 1. The Kier molecular flexibility index (Phi) is 5.68. The van der Waals surface area contributed by atoms with Gasteiger partial charge >= 0.3 is 5.69 Å². The Morgan fingerprint density at radius 3 is 2.61 bits per heavy atom. The van der Waals surface area contributed by atoms with Gasteiger partial charge in [-0.15, -0.1) is 10.2 Å². The summed E-state index contributed by atoms with van der Waals surface area (Å²) in [7, 11) is 0. The van der Waals surface area contributed by atoms with E-state index in [2.05, 4.69) is 32.5 Å². The maximum absolute atomic E-state index is 13.3. The monoisotopic (exact) mass is 443 g/mol. The van der Waals surface area contributed by atoms with Crippen molar-refractivity contribution in [3.63, 3.8) is 0 Å². The van der Waals surface area contributed by atoms with Crippen LogP contribution < -0.4 is 5.69 Å². The van der Waals surface area contributed by atoms with Crippen LogP contribution in [0.3, 0.4) is 0 Å². The minimum absolute atomic E-state index is 0.124. The zero-order valence-electron chi connectivity index (χ0n) is 18.4. The molecule has 0 amide bonds. The number of aromatic amines is 1. The highest BCUT2D eigenvalue weighted by atomic mass is 16.2. The number of aryl methyl sites for hydroxylation is 1. The first-order valence-corrected chi connectivity index (χ1v) is 11.3. The fourth-order valence-electron chi connectivity index (χ4n) is 4.27. The lowest BCUT2D eigenvalue weighted by atomic mass is 9.91. The van der Waals surface area contributed by atoms with E-state index in [1.54, 1.807) is 15.3 Å². The van der Waals surface area contributed by atoms with E-state index in [1.165, 1.54) is 0 Å². The van der Waals surface area contributed by atoms with E-state index in [0.717, 1.165) is 53.6 Å². The number of imidazole rings is 1. The zero-order valence-corrected chi connectivity index (χ0v) is 18.4. The number of carbonyl (C=O) groups is 1. The van der Waals surface area contributed by atoms with E-state index in [4.69, 9.17) is 0 Å². The highest BCUT2D eigenvalue weighted by molar-refractivity contribution is 5.88. The normalized spacial score (nSPS) is 15.5. The Morgan fingerprint density at radius 1 is 1.12 bits per heavy atom. The molecule has 1 atom stereocenters. The molecule has 0 radical (unpaired) electrons. The number of pyridine rings is 1. The van der Waals surface area contributed by atoms with Crippen LogP contribution in [0.2, 0.25) is 0 Å². The van der Waals surface area contributed by atoms with Crippen molar-refractivity contribution in [2.75, 3.05) is 0 Å². The van der Waals surface area contributed by atoms with Gasteiger partial charge in [0.2, 0.25) is 5.82 Å². The molecule has 1 aliphatic rings. The van der Waals surface area contributed by atoms with E-state index in [0.29, 0.717) is 18.8 Å². The quantitative estimate of drug-likeness (QED) is 0.448. The number of hydrogen-bond donors (Lipinski definition) is 1. The smallest absolute Gasteiger partial charge is 0.297 e. The zero-order chi connectivity index (χ0) is 22.8. The maximum atomic E-state index is 13.3. The van der Waals surface area contributed by atoms with Gasteiger partial charge in [-0.05, 0) is 47.2 Å². The van der Waals surface area contributed by atoms with Crippen molar-refractivity contribution in [2.24, 2.45) is 0 Å². The molecule has 0 saturated heterocycles. The second-order valence-corrected chi connectivity index (χ2v) is 8.37. The molecule has 9 nitrogen and oxygen atoms in total. The van der Waals surface area contributed by atoms with Crippen molar-refractivity contribution in [1.29, 1.82) is 0 Å². The summed E-state index contributed by atoms with van der Waals surface area (Å²) < 4.78 is 3.43. The summed E-state index contributed by atoms with van der Waals surface area (Å²) in [5.74, 6) is 0.676. The number of unbranched alkanes of at least 4 members (excludes halogenated alkanes) is 1. The van der Waals surface area contributed by atoms with Gasteiger partial charge in [-0.1, -0.05) is 37.6 Å². The van der Waals surface area contributed by atoms with Crippen LogP contribution in [0.1, 0.15) is 49.9 Å². The molecular weight excluding hydrogens is 418 g/mol. The summed E-state index contributed by atoms with van der Waals surface area (Å²) in [5.41, 5.74) is 4.66. The highest BCUT2D eigenvalue weighted by Crippen LogP contribution is 2.29. The van der Waals surface area contributed by atoms with Crippen molar-refractivity contribution >= 4 is 5.78 Å². The van der Waals surface area contributed by atoms with Gasteiger partial charge < -0.3 is 0 Å². The van der Waals surface area contributed by atoms with E-state index >= 15 is 0 Å². The molecule has 4 aromatic rings. The molecule has 1 aliphatic carbocycles. The summed E-state index contributed by atoms with van der Waals surface area (Å²) in [5, 5.41) is 14.1. The number of tetrazole rings is 1. The molecule has 5 rings (SSSR count). The lowest BCUT2D eigenvalue weighted by Crippen LogP contribution is -2.36. The van der Waals surface area contributed by atoms with Crippen LogP contribution in [0, 0.1) is 0 Å². The molecule has 1 unspecified atom stereocenters. The molecule has 3 heterocycles. The third kappa shape index (κ3) is 4.02. The molecule has 1 aromatic carbocycles. The van der Waals surface area contributed by atoms with Gasteiger partial charge in [-0.3, -0.25) is 18.9 Å². The topological polar surface area (TPSA) is 111 Å². The van der Waals surface area contributed by atoms with Crippen LogP contribution in [-0.2, 0) is 17.8 Å². The van der Waals surface area contributed by atoms with Crippen molar-refractivity contribution < 1.29 is 4.79 Å². The van der Waals surface area contributed by atoms with Crippen molar-refractivity contribution in [2.45, 2.75) is 51.6 Å². The van der Waals surface area contributed by atoms with Gasteiger partial charge in [0.15, 0.2) is 5.78 Å². The average molecular weight is 444 g/mol. The molecule has 0 bridgehead atoms. The number of nitrogens with zero attached hydrogens (tertiary/aromatic N) is 6.